The second kappa shape index (κ2) is 2.66. The number of para-hydroxylation sites is 1. The van der Waals surface area contributed by atoms with Crippen molar-refractivity contribution in [1.29, 1.82) is 0 Å². The summed E-state index contributed by atoms with van der Waals surface area (Å²) >= 11 is 0. The van der Waals surface area contributed by atoms with E-state index in [0.717, 1.165) is 12.2 Å². The largest absolute Gasteiger partial charge is 0.397 e. The van der Waals surface area contributed by atoms with E-state index in [4.69, 9.17) is 5.73 Å². The van der Waals surface area contributed by atoms with Crippen LogP contribution in [-0.4, -0.2) is 6.54 Å². The molecule has 3 rings (SSSR count). The Balaban J connectivity index is 2.14. The molecule has 0 amide bonds. The van der Waals surface area contributed by atoms with E-state index in [9.17, 15) is 0 Å². The van der Waals surface area contributed by atoms with Crippen LogP contribution in [0.25, 0.3) is 0 Å². The van der Waals surface area contributed by atoms with Gasteiger partial charge >= 0.3 is 0 Å². The second-order valence-corrected chi connectivity index (χ2v) is 4.61. The summed E-state index contributed by atoms with van der Waals surface area (Å²) in [5.74, 6) is 0. The summed E-state index contributed by atoms with van der Waals surface area (Å²) in [5, 5.41) is 3.48. The van der Waals surface area contributed by atoms with Gasteiger partial charge in [-0.1, -0.05) is 25.0 Å². The van der Waals surface area contributed by atoms with Crippen LogP contribution in [0.3, 0.4) is 0 Å². The van der Waals surface area contributed by atoms with E-state index in [0.29, 0.717) is 5.41 Å². The Kier molecular flexibility index (Phi) is 1.55. The van der Waals surface area contributed by atoms with Crippen LogP contribution in [0.1, 0.15) is 31.2 Å². The normalized spacial score (nSPS) is 22.3. The maximum atomic E-state index is 5.96. The maximum Gasteiger partial charge on any atom is 0.0613 e. The van der Waals surface area contributed by atoms with Gasteiger partial charge in [-0.05, 0) is 24.5 Å². The summed E-state index contributed by atoms with van der Waals surface area (Å²) in [4.78, 5) is 0. The summed E-state index contributed by atoms with van der Waals surface area (Å²) < 4.78 is 0. The molecule has 0 unspecified atom stereocenters. The number of hydrogen-bond acceptors (Lipinski definition) is 2. The van der Waals surface area contributed by atoms with Crippen LogP contribution in [0, 0.1) is 0 Å². The first-order valence-electron chi connectivity index (χ1n) is 5.45. The molecule has 1 saturated carbocycles. The number of rotatable bonds is 0. The molecule has 1 fully saturated rings. The minimum Gasteiger partial charge on any atom is -0.397 e. The predicted octanol–water partition coefficient (Wildman–Crippen LogP) is 2.51. The first kappa shape index (κ1) is 8.16. The molecule has 1 aromatic rings. The van der Waals surface area contributed by atoms with Crippen molar-refractivity contribution in [2.24, 2.45) is 0 Å². The smallest absolute Gasteiger partial charge is 0.0613 e. The van der Waals surface area contributed by atoms with Gasteiger partial charge in [0, 0.05) is 12.0 Å². The standard InChI is InChI=1S/C12H16N2/c13-10-5-3-4-9-11(10)14-8-12(9)6-1-2-7-12/h3-5,14H,1-2,6-8,13H2. The lowest BCUT2D eigenvalue weighted by molar-refractivity contribution is 0.489. The highest BCUT2D eigenvalue weighted by molar-refractivity contribution is 5.75. The lowest BCUT2D eigenvalue weighted by Crippen LogP contribution is -2.23. The van der Waals surface area contributed by atoms with Gasteiger partial charge < -0.3 is 11.1 Å². The lowest BCUT2D eigenvalue weighted by atomic mass is 9.81. The topological polar surface area (TPSA) is 38.0 Å². The molecule has 0 aromatic heterocycles. The third-order valence-electron chi connectivity index (χ3n) is 3.83. The third-order valence-corrected chi connectivity index (χ3v) is 3.83. The van der Waals surface area contributed by atoms with Crippen LogP contribution in [0.2, 0.25) is 0 Å². The zero-order valence-corrected chi connectivity index (χ0v) is 8.34. The third kappa shape index (κ3) is 0.912. The molecule has 1 aromatic carbocycles. The van der Waals surface area contributed by atoms with E-state index >= 15 is 0 Å². The van der Waals surface area contributed by atoms with Gasteiger partial charge in [0.2, 0.25) is 0 Å². The minimum absolute atomic E-state index is 0.421. The van der Waals surface area contributed by atoms with E-state index < -0.39 is 0 Å². The summed E-state index contributed by atoms with van der Waals surface area (Å²) in [6.07, 6.45) is 5.40. The van der Waals surface area contributed by atoms with Crippen molar-refractivity contribution in [3.8, 4) is 0 Å². The van der Waals surface area contributed by atoms with Gasteiger partial charge in [-0.25, -0.2) is 0 Å². The Morgan fingerprint density at radius 3 is 2.79 bits per heavy atom. The predicted molar refractivity (Wildman–Crippen MR) is 59.5 cm³/mol. The average Bonchev–Trinajstić information content (AvgIpc) is 2.78. The van der Waals surface area contributed by atoms with Crippen molar-refractivity contribution in [1.82, 2.24) is 0 Å². The molecule has 0 atom stereocenters. The second-order valence-electron chi connectivity index (χ2n) is 4.61. The van der Waals surface area contributed by atoms with Crippen LogP contribution in [-0.2, 0) is 5.41 Å². The van der Waals surface area contributed by atoms with Crippen LogP contribution in [0.5, 0.6) is 0 Å². The molecule has 1 heterocycles. The van der Waals surface area contributed by atoms with Gasteiger partial charge in [0.1, 0.15) is 0 Å². The average molecular weight is 188 g/mol. The molecule has 1 aliphatic carbocycles. The molecule has 2 heteroatoms. The summed E-state index contributed by atoms with van der Waals surface area (Å²) in [5.41, 5.74) is 9.96. The number of nitrogen functional groups attached to an aromatic ring is 1. The minimum atomic E-state index is 0.421. The summed E-state index contributed by atoms with van der Waals surface area (Å²) in [7, 11) is 0. The zero-order valence-electron chi connectivity index (χ0n) is 8.34. The van der Waals surface area contributed by atoms with E-state index in [-0.39, 0.29) is 0 Å². The van der Waals surface area contributed by atoms with E-state index in [2.05, 4.69) is 17.4 Å². The molecule has 0 bridgehead atoms. The van der Waals surface area contributed by atoms with Crippen molar-refractivity contribution in [2.45, 2.75) is 31.1 Å². The monoisotopic (exact) mass is 188 g/mol. The van der Waals surface area contributed by atoms with Gasteiger partial charge in [0.05, 0.1) is 11.4 Å². The first-order valence-corrected chi connectivity index (χ1v) is 5.45. The highest BCUT2D eigenvalue weighted by atomic mass is 15.0. The van der Waals surface area contributed by atoms with Crippen LogP contribution >= 0.6 is 0 Å². The van der Waals surface area contributed by atoms with Crippen LogP contribution < -0.4 is 11.1 Å². The van der Waals surface area contributed by atoms with Gasteiger partial charge in [-0.15, -0.1) is 0 Å². The highest BCUT2D eigenvalue weighted by Gasteiger charge is 2.41. The van der Waals surface area contributed by atoms with Crippen molar-refractivity contribution in [2.75, 3.05) is 17.6 Å². The molecule has 2 nitrogen and oxygen atoms in total. The van der Waals surface area contributed by atoms with E-state index in [1.165, 1.54) is 36.9 Å². The zero-order chi connectivity index (χ0) is 9.60. The van der Waals surface area contributed by atoms with Gasteiger partial charge in [0.15, 0.2) is 0 Å². The van der Waals surface area contributed by atoms with Crippen LogP contribution in [0.4, 0.5) is 11.4 Å². The molecule has 1 spiro atoms. The maximum absolute atomic E-state index is 5.96. The fraction of sp³-hybridized carbons (Fsp3) is 0.500. The summed E-state index contributed by atoms with van der Waals surface area (Å²) in [6.45, 7) is 1.09. The summed E-state index contributed by atoms with van der Waals surface area (Å²) in [6, 6.07) is 6.32. The number of benzene rings is 1. The number of hydrogen-bond donors (Lipinski definition) is 2. The first-order chi connectivity index (χ1) is 6.82. The molecular weight excluding hydrogens is 172 g/mol. The fourth-order valence-electron chi connectivity index (χ4n) is 3.06. The Bertz CT molecular complexity index is 365. The molecular formula is C12H16N2. The number of nitrogens with two attached hydrogens (primary N) is 1. The van der Waals surface area contributed by atoms with Crippen LogP contribution in [0.15, 0.2) is 18.2 Å². The molecule has 0 radical (unpaired) electrons. The van der Waals surface area contributed by atoms with Crippen molar-refractivity contribution in [3.05, 3.63) is 23.8 Å². The van der Waals surface area contributed by atoms with Crippen molar-refractivity contribution >= 4 is 11.4 Å². The SMILES string of the molecule is Nc1cccc2c1NCC21CCCC1. The fourth-order valence-corrected chi connectivity index (χ4v) is 3.06. The quantitative estimate of drug-likeness (QED) is 0.614. The molecule has 2 aliphatic rings. The number of anilines is 2. The number of fused-ring (bicyclic) bond motifs is 2. The van der Waals surface area contributed by atoms with Crippen molar-refractivity contribution in [3.63, 3.8) is 0 Å². The number of nitrogens with one attached hydrogen (secondary N) is 1. The molecule has 3 N–H and O–H groups in total. The molecule has 1 aliphatic heterocycles. The Morgan fingerprint density at radius 2 is 2.00 bits per heavy atom. The molecule has 0 saturated heterocycles. The Hall–Kier alpha value is -1.18. The van der Waals surface area contributed by atoms with Crippen molar-refractivity contribution < 1.29 is 0 Å². The van der Waals surface area contributed by atoms with Gasteiger partial charge in [-0.2, -0.15) is 0 Å². The Morgan fingerprint density at radius 1 is 1.21 bits per heavy atom. The Labute approximate surface area is 84.5 Å². The molecule has 14 heavy (non-hydrogen) atoms. The van der Waals surface area contributed by atoms with Gasteiger partial charge in [0.25, 0.3) is 0 Å². The van der Waals surface area contributed by atoms with Gasteiger partial charge in [-0.3, -0.25) is 0 Å². The highest BCUT2D eigenvalue weighted by Crippen LogP contribution is 2.49. The molecule has 74 valence electrons. The lowest BCUT2D eigenvalue weighted by Gasteiger charge is -2.22. The van der Waals surface area contributed by atoms with E-state index in [1.807, 2.05) is 6.07 Å². The van der Waals surface area contributed by atoms with E-state index in [1.54, 1.807) is 0 Å².